The van der Waals surface area contributed by atoms with Crippen molar-refractivity contribution in [3.05, 3.63) is 70.4 Å². The number of methoxy groups -OCH3 is 1. The van der Waals surface area contributed by atoms with Gasteiger partial charge in [-0.3, -0.25) is 9.59 Å². The van der Waals surface area contributed by atoms with E-state index in [1.165, 1.54) is 7.11 Å². The van der Waals surface area contributed by atoms with Gasteiger partial charge in [0.1, 0.15) is 12.4 Å². The van der Waals surface area contributed by atoms with E-state index in [0.717, 1.165) is 22.5 Å². The molecule has 0 saturated heterocycles. The summed E-state index contributed by atoms with van der Waals surface area (Å²) in [4.78, 5) is 32.0. The molecule has 164 valence electrons. The average Bonchev–Trinajstić information content (AvgIpc) is 3.41. The van der Waals surface area contributed by atoms with Gasteiger partial charge in [0, 0.05) is 38.9 Å². The number of nitrogens with zero attached hydrogens (tertiary/aromatic N) is 3. The largest absolute Gasteiger partial charge is 0.375 e. The zero-order valence-corrected chi connectivity index (χ0v) is 19.0. The lowest BCUT2D eigenvalue weighted by Gasteiger charge is -2.17. The molecule has 0 atom stereocenters. The van der Waals surface area contributed by atoms with Crippen LogP contribution in [0, 0.1) is 0 Å². The molecule has 0 aliphatic heterocycles. The van der Waals surface area contributed by atoms with E-state index < -0.39 is 0 Å². The first-order valence-electron chi connectivity index (χ1n) is 10.1. The van der Waals surface area contributed by atoms with Gasteiger partial charge >= 0.3 is 0 Å². The SMILES string of the molecule is COCC(=O)Nc1cc(C(=O)N(C)Cc2ccsc2)cc2nc(-c3ccccc3)n(C)c12. The standard InChI is InChI=1S/C24H24N4O3S/c1-27(13-16-9-10-32-15-16)24(30)18-11-19(25-21(29)14-31-3)22-20(12-18)26-23(28(22)2)17-7-5-4-6-8-17/h4-12,15H,13-14H2,1-3H3,(H,25,29). The zero-order valence-electron chi connectivity index (χ0n) is 18.2. The zero-order chi connectivity index (χ0) is 22.7. The summed E-state index contributed by atoms with van der Waals surface area (Å²) in [5.74, 6) is 0.304. The van der Waals surface area contributed by atoms with Crippen LogP contribution < -0.4 is 5.32 Å². The van der Waals surface area contributed by atoms with E-state index >= 15 is 0 Å². The lowest BCUT2D eigenvalue weighted by molar-refractivity contribution is -0.119. The minimum atomic E-state index is -0.299. The molecule has 2 aromatic carbocycles. The second-order valence-corrected chi connectivity index (χ2v) is 8.31. The maximum atomic E-state index is 13.2. The summed E-state index contributed by atoms with van der Waals surface area (Å²) in [5, 5.41) is 6.89. The van der Waals surface area contributed by atoms with Crippen molar-refractivity contribution in [1.82, 2.24) is 14.5 Å². The van der Waals surface area contributed by atoms with E-state index in [1.54, 1.807) is 35.4 Å². The highest BCUT2D eigenvalue weighted by molar-refractivity contribution is 7.07. The van der Waals surface area contributed by atoms with Gasteiger partial charge in [-0.2, -0.15) is 11.3 Å². The third-order valence-corrected chi connectivity index (χ3v) is 5.88. The summed E-state index contributed by atoms with van der Waals surface area (Å²) in [6.45, 7) is 0.421. The first-order chi connectivity index (χ1) is 15.5. The number of hydrogen-bond donors (Lipinski definition) is 1. The van der Waals surface area contributed by atoms with Gasteiger partial charge in [0.05, 0.1) is 16.7 Å². The van der Waals surface area contributed by atoms with Crippen molar-refractivity contribution in [1.29, 1.82) is 0 Å². The highest BCUT2D eigenvalue weighted by Gasteiger charge is 2.20. The maximum Gasteiger partial charge on any atom is 0.254 e. The highest BCUT2D eigenvalue weighted by atomic mass is 32.1. The molecule has 2 amide bonds. The normalized spacial score (nSPS) is 11.0. The Morgan fingerprint density at radius 1 is 1.19 bits per heavy atom. The number of fused-ring (bicyclic) bond motifs is 1. The molecule has 0 bridgehead atoms. The van der Waals surface area contributed by atoms with E-state index in [0.29, 0.717) is 23.3 Å². The van der Waals surface area contributed by atoms with E-state index in [4.69, 9.17) is 9.72 Å². The molecule has 0 saturated carbocycles. The summed E-state index contributed by atoms with van der Waals surface area (Å²) < 4.78 is 6.89. The predicted octanol–water partition coefficient (Wildman–Crippen LogP) is 4.16. The molecule has 32 heavy (non-hydrogen) atoms. The smallest absolute Gasteiger partial charge is 0.254 e. The third kappa shape index (κ3) is 4.42. The minimum absolute atomic E-state index is 0.0822. The van der Waals surface area contributed by atoms with Crippen LogP contribution in [0.4, 0.5) is 5.69 Å². The number of hydrogen-bond acceptors (Lipinski definition) is 5. The molecule has 4 rings (SSSR count). The Labute approximate surface area is 190 Å². The molecular weight excluding hydrogens is 424 g/mol. The number of aromatic nitrogens is 2. The fourth-order valence-electron chi connectivity index (χ4n) is 3.68. The second kappa shape index (κ2) is 9.33. The molecule has 0 spiro atoms. The van der Waals surface area contributed by atoms with Crippen LogP contribution in [0.3, 0.4) is 0 Å². The van der Waals surface area contributed by atoms with E-state index in [2.05, 4.69) is 5.32 Å². The minimum Gasteiger partial charge on any atom is -0.375 e. The summed E-state index contributed by atoms with van der Waals surface area (Å²) in [7, 11) is 5.13. The summed E-state index contributed by atoms with van der Waals surface area (Å²) in [5.41, 5.74) is 4.38. The highest BCUT2D eigenvalue weighted by Crippen LogP contribution is 2.31. The Morgan fingerprint density at radius 2 is 1.97 bits per heavy atom. The van der Waals surface area contributed by atoms with Gasteiger partial charge < -0.3 is 19.5 Å². The molecule has 0 aliphatic carbocycles. The van der Waals surface area contributed by atoms with Gasteiger partial charge in [0.2, 0.25) is 5.91 Å². The quantitative estimate of drug-likeness (QED) is 0.461. The summed E-state index contributed by atoms with van der Waals surface area (Å²) in [6, 6.07) is 15.3. The van der Waals surface area contributed by atoms with E-state index in [9.17, 15) is 9.59 Å². The number of imidazole rings is 1. The van der Waals surface area contributed by atoms with Gasteiger partial charge in [-0.15, -0.1) is 0 Å². The van der Waals surface area contributed by atoms with Gasteiger partial charge in [0.25, 0.3) is 5.91 Å². The van der Waals surface area contributed by atoms with Gasteiger partial charge in [-0.25, -0.2) is 4.98 Å². The lowest BCUT2D eigenvalue weighted by Crippen LogP contribution is -2.26. The Kier molecular flexibility index (Phi) is 6.34. The Balaban J connectivity index is 1.78. The molecule has 4 aromatic rings. The van der Waals surface area contributed by atoms with E-state index in [1.807, 2.05) is 58.8 Å². The van der Waals surface area contributed by atoms with Crippen molar-refractivity contribution in [2.45, 2.75) is 6.54 Å². The molecule has 2 heterocycles. The Hall–Kier alpha value is -3.49. The molecule has 1 N–H and O–H groups in total. The molecule has 0 fully saturated rings. The van der Waals surface area contributed by atoms with Gasteiger partial charge in [-0.1, -0.05) is 30.3 Å². The summed E-state index contributed by atoms with van der Waals surface area (Å²) >= 11 is 1.60. The Morgan fingerprint density at radius 3 is 2.66 bits per heavy atom. The van der Waals surface area contributed by atoms with Crippen LogP contribution in [0.25, 0.3) is 22.4 Å². The number of amides is 2. The second-order valence-electron chi connectivity index (χ2n) is 7.53. The summed E-state index contributed by atoms with van der Waals surface area (Å²) in [6.07, 6.45) is 0. The van der Waals surface area contributed by atoms with Crippen molar-refractivity contribution < 1.29 is 14.3 Å². The molecule has 7 nitrogen and oxygen atoms in total. The van der Waals surface area contributed by atoms with E-state index in [-0.39, 0.29) is 18.4 Å². The van der Waals surface area contributed by atoms with Crippen LogP contribution in [-0.2, 0) is 23.1 Å². The molecule has 0 aliphatic rings. The van der Waals surface area contributed by atoms with Gasteiger partial charge in [-0.05, 0) is 34.5 Å². The fourth-order valence-corrected chi connectivity index (χ4v) is 4.34. The molecule has 0 radical (unpaired) electrons. The molecule has 2 aromatic heterocycles. The van der Waals surface area contributed by atoms with Crippen LogP contribution in [0.1, 0.15) is 15.9 Å². The van der Waals surface area contributed by atoms with Crippen molar-refractivity contribution >= 4 is 39.9 Å². The third-order valence-electron chi connectivity index (χ3n) is 5.14. The number of rotatable bonds is 7. The number of anilines is 1. The van der Waals surface area contributed by atoms with Crippen LogP contribution >= 0.6 is 11.3 Å². The first-order valence-corrected chi connectivity index (χ1v) is 11.0. The number of carbonyl (C=O) groups is 2. The van der Waals surface area contributed by atoms with Crippen LogP contribution in [-0.4, -0.2) is 47.0 Å². The molecule has 0 unspecified atom stereocenters. The molecular formula is C24H24N4O3S. The van der Waals surface area contributed by atoms with Crippen LogP contribution in [0.15, 0.2) is 59.3 Å². The van der Waals surface area contributed by atoms with Crippen molar-refractivity contribution in [2.24, 2.45) is 7.05 Å². The van der Waals surface area contributed by atoms with Crippen molar-refractivity contribution in [3.63, 3.8) is 0 Å². The van der Waals surface area contributed by atoms with Crippen LogP contribution in [0.2, 0.25) is 0 Å². The fraction of sp³-hybridized carbons (Fsp3) is 0.208. The number of aryl methyl sites for hydroxylation is 1. The molecule has 8 heteroatoms. The number of carbonyl (C=O) groups excluding carboxylic acids is 2. The predicted molar refractivity (Wildman–Crippen MR) is 127 cm³/mol. The maximum absolute atomic E-state index is 13.2. The number of nitrogens with one attached hydrogen (secondary N) is 1. The monoisotopic (exact) mass is 448 g/mol. The topological polar surface area (TPSA) is 76.5 Å². The van der Waals surface area contributed by atoms with Gasteiger partial charge in [0.15, 0.2) is 0 Å². The van der Waals surface area contributed by atoms with Crippen molar-refractivity contribution in [2.75, 3.05) is 26.1 Å². The first kappa shape index (κ1) is 21.7. The number of ether oxygens (including phenoxy) is 1. The number of benzene rings is 2. The Bertz CT molecular complexity index is 1250. The van der Waals surface area contributed by atoms with Crippen molar-refractivity contribution in [3.8, 4) is 11.4 Å². The average molecular weight is 449 g/mol. The lowest BCUT2D eigenvalue weighted by atomic mass is 10.1. The van der Waals surface area contributed by atoms with Crippen LogP contribution in [0.5, 0.6) is 0 Å². The number of thiophene rings is 1.